The number of benzene rings is 2. The number of urea groups is 1. The summed E-state index contributed by atoms with van der Waals surface area (Å²) in [5.74, 6) is 0.774. The lowest BCUT2D eigenvalue weighted by molar-refractivity contribution is 0.240. The Morgan fingerprint density at radius 3 is 2.45 bits per heavy atom. The first kappa shape index (κ1) is 16.4. The Morgan fingerprint density at radius 1 is 1.05 bits per heavy atom. The van der Waals surface area contributed by atoms with E-state index in [9.17, 15) is 4.79 Å². The van der Waals surface area contributed by atoms with E-state index in [1.165, 1.54) is 5.56 Å². The van der Waals surface area contributed by atoms with Crippen molar-refractivity contribution in [1.82, 2.24) is 10.6 Å². The zero-order valence-corrected chi connectivity index (χ0v) is 14.0. The number of hydrogen-bond acceptors (Lipinski definition) is 2. The second-order valence-corrected chi connectivity index (χ2v) is 5.62. The van der Waals surface area contributed by atoms with E-state index in [2.05, 4.69) is 26.6 Å². The van der Waals surface area contributed by atoms with Crippen LogP contribution in [0.3, 0.4) is 0 Å². The Hall–Kier alpha value is -2.01. The number of rotatable bonds is 6. The second-order valence-electron chi connectivity index (χ2n) is 4.76. The molecular weight excluding hydrogens is 344 g/mol. The summed E-state index contributed by atoms with van der Waals surface area (Å²) in [6.45, 7) is 1.02. The van der Waals surface area contributed by atoms with Crippen molar-refractivity contribution in [2.45, 2.75) is 13.0 Å². The molecule has 0 atom stereocenters. The molecule has 0 fully saturated rings. The number of carbonyl (C=O) groups is 1. The molecule has 5 heteroatoms. The molecule has 116 valence electrons. The highest BCUT2D eigenvalue weighted by Crippen LogP contribution is 2.17. The first-order valence-electron chi connectivity index (χ1n) is 7.07. The van der Waals surface area contributed by atoms with Gasteiger partial charge in [0.05, 0.1) is 7.11 Å². The van der Waals surface area contributed by atoms with Crippen LogP contribution in [0.25, 0.3) is 0 Å². The molecule has 0 heterocycles. The maximum atomic E-state index is 11.8. The lowest BCUT2D eigenvalue weighted by Gasteiger charge is -2.11. The van der Waals surface area contributed by atoms with Gasteiger partial charge in [-0.25, -0.2) is 4.79 Å². The highest BCUT2D eigenvalue weighted by Gasteiger charge is 2.05. The summed E-state index contributed by atoms with van der Waals surface area (Å²) >= 11 is 3.50. The Bertz CT molecular complexity index is 632. The summed E-state index contributed by atoms with van der Waals surface area (Å²) < 4.78 is 6.31. The van der Waals surface area contributed by atoms with E-state index >= 15 is 0 Å². The van der Waals surface area contributed by atoms with E-state index in [0.717, 1.165) is 22.2 Å². The number of para-hydroxylation sites is 1. The van der Waals surface area contributed by atoms with E-state index in [-0.39, 0.29) is 6.03 Å². The predicted octanol–water partition coefficient (Wildman–Crippen LogP) is 3.50. The molecular formula is C17H19BrN2O2. The van der Waals surface area contributed by atoms with E-state index in [4.69, 9.17) is 4.74 Å². The first-order chi connectivity index (χ1) is 10.7. The highest BCUT2D eigenvalue weighted by atomic mass is 79.9. The summed E-state index contributed by atoms with van der Waals surface area (Å²) in [6.07, 6.45) is 0.781. The Kier molecular flexibility index (Phi) is 6.27. The smallest absolute Gasteiger partial charge is 0.315 e. The van der Waals surface area contributed by atoms with Gasteiger partial charge in [0.2, 0.25) is 0 Å². The Labute approximate surface area is 139 Å². The zero-order chi connectivity index (χ0) is 15.8. The van der Waals surface area contributed by atoms with Gasteiger partial charge >= 0.3 is 6.03 Å². The van der Waals surface area contributed by atoms with Crippen LogP contribution in [0.5, 0.6) is 5.75 Å². The topological polar surface area (TPSA) is 50.4 Å². The van der Waals surface area contributed by atoms with Gasteiger partial charge < -0.3 is 15.4 Å². The molecule has 0 saturated heterocycles. The molecule has 0 spiro atoms. The fourth-order valence-electron chi connectivity index (χ4n) is 2.10. The number of halogens is 1. The normalized spacial score (nSPS) is 10.1. The minimum Gasteiger partial charge on any atom is -0.496 e. The molecule has 2 N–H and O–H groups in total. The molecule has 22 heavy (non-hydrogen) atoms. The van der Waals surface area contributed by atoms with Crippen LogP contribution in [0.4, 0.5) is 4.79 Å². The Balaban J connectivity index is 1.75. The molecule has 0 aliphatic carbocycles. The standard InChI is InChI=1S/C17H19BrN2O2/c1-22-16-9-5-3-7-14(16)12-20-17(21)19-11-10-13-6-2-4-8-15(13)18/h2-9H,10-12H2,1H3,(H2,19,20,21). The molecule has 0 bridgehead atoms. The van der Waals surface area contributed by atoms with Crippen molar-refractivity contribution >= 4 is 22.0 Å². The molecule has 0 aliphatic heterocycles. The first-order valence-corrected chi connectivity index (χ1v) is 7.87. The van der Waals surface area contributed by atoms with Gasteiger partial charge in [-0.2, -0.15) is 0 Å². The fraction of sp³-hybridized carbons (Fsp3) is 0.235. The van der Waals surface area contributed by atoms with Gasteiger partial charge in [-0.1, -0.05) is 52.3 Å². The molecule has 2 aromatic rings. The predicted molar refractivity (Wildman–Crippen MR) is 91.1 cm³/mol. The number of ether oxygens (including phenoxy) is 1. The molecule has 2 amide bonds. The van der Waals surface area contributed by atoms with Crippen molar-refractivity contribution in [2.75, 3.05) is 13.7 Å². The summed E-state index contributed by atoms with van der Waals surface area (Å²) in [5, 5.41) is 5.69. The summed E-state index contributed by atoms with van der Waals surface area (Å²) in [4.78, 5) is 11.8. The summed E-state index contributed by atoms with van der Waals surface area (Å²) in [6, 6.07) is 15.4. The van der Waals surface area contributed by atoms with Crippen LogP contribution in [0.1, 0.15) is 11.1 Å². The second kappa shape index (κ2) is 8.44. The molecule has 4 nitrogen and oxygen atoms in total. The van der Waals surface area contributed by atoms with Gasteiger partial charge in [-0.05, 0) is 24.1 Å². The SMILES string of the molecule is COc1ccccc1CNC(=O)NCCc1ccccc1Br. The van der Waals surface area contributed by atoms with Crippen molar-refractivity contribution in [3.63, 3.8) is 0 Å². The van der Waals surface area contributed by atoms with E-state index in [1.54, 1.807) is 7.11 Å². The third kappa shape index (κ3) is 4.77. The van der Waals surface area contributed by atoms with Gasteiger partial charge in [-0.15, -0.1) is 0 Å². The van der Waals surface area contributed by atoms with Crippen LogP contribution in [0.2, 0.25) is 0 Å². The van der Waals surface area contributed by atoms with Crippen molar-refractivity contribution in [3.8, 4) is 5.75 Å². The molecule has 2 rings (SSSR count). The zero-order valence-electron chi connectivity index (χ0n) is 12.4. The number of carbonyl (C=O) groups excluding carboxylic acids is 1. The number of hydrogen-bond donors (Lipinski definition) is 2. The highest BCUT2D eigenvalue weighted by molar-refractivity contribution is 9.10. The van der Waals surface area contributed by atoms with Crippen molar-refractivity contribution in [2.24, 2.45) is 0 Å². The van der Waals surface area contributed by atoms with Crippen LogP contribution in [0.15, 0.2) is 53.0 Å². The molecule has 0 aromatic heterocycles. The van der Waals surface area contributed by atoms with Gasteiger partial charge in [0.15, 0.2) is 0 Å². The monoisotopic (exact) mass is 362 g/mol. The van der Waals surface area contributed by atoms with Crippen LogP contribution >= 0.6 is 15.9 Å². The number of nitrogens with one attached hydrogen (secondary N) is 2. The number of methoxy groups -OCH3 is 1. The maximum Gasteiger partial charge on any atom is 0.315 e. The van der Waals surface area contributed by atoms with Gasteiger partial charge in [0.1, 0.15) is 5.75 Å². The molecule has 0 unspecified atom stereocenters. The largest absolute Gasteiger partial charge is 0.496 e. The molecule has 0 saturated carbocycles. The molecule has 0 radical (unpaired) electrons. The van der Waals surface area contributed by atoms with Crippen molar-refractivity contribution < 1.29 is 9.53 Å². The fourth-order valence-corrected chi connectivity index (χ4v) is 2.58. The number of amides is 2. The average Bonchev–Trinajstić information content (AvgIpc) is 2.55. The van der Waals surface area contributed by atoms with Crippen LogP contribution in [-0.2, 0) is 13.0 Å². The third-order valence-electron chi connectivity index (χ3n) is 3.27. The van der Waals surface area contributed by atoms with Gasteiger partial charge in [0.25, 0.3) is 0 Å². The lowest BCUT2D eigenvalue weighted by atomic mass is 10.1. The van der Waals surface area contributed by atoms with Crippen LogP contribution < -0.4 is 15.4 Å². The minimum absolute atomic E-state index is 0.182. The van der Waals surface area contributed by atoms with Crippen LogP contribution in [0, 0.1) is 0 Å². The van der Waals surface area contributed by atoms with E-state index < -0.39 is 0 Å². The minimum atomic E-state index is -0.182. The van der Waals surface area contributed by atoms with Crippen LogP contribution in [-0.4, -0.2) is 19.7 Å². The lowest BCUT2D eigenvalue weighted by Crippen LogP contribution is -2.36. The average molecular weight is 363 g/mol. The van der Waals surface area contributed by atoms with Crippen molar-refractivity contribution in [1.29, 1.82) is 0 Å². The summed E-state index contributed by atoms with van der Waals surface area (Å²) in [7, 11) is 1.62. The molecule has 2 aromatic carbocycles. The Morgan fingerprint density at radius 2 is 1.73 bits per heavy atom. The molecule has 0 aliphatic rings. The summed E-state index contributed by atoms with van der Waals surface area (Å²) in [5.41, 5.74) is 2.12. The van der Waals surface area contributed by atoms with E-state index in [1.807, 2.05) is 48.5 Å². The quantitative estimate of drug-likeness (QED) is 0.826. The van der Waals surface area contributed by atoms with Gasteiger partial charge in [-0.3, -0.25) is 0 Å². The van der Waals surface area contributed by atoms with Gasteiger partial charge in [0, 0.05) is 23.1 Å². The maximum absolute atomic E-state index is 11.8. The van der Waals surface area contributed by atoms with E-state index in [0.29, 0.717) is 13.1 Å². The third-order valence-corrected chi connectivity index (χ3v) is 4.04. The van der Waals surface area contributed by atoms with Crippen molar-refractivity contribution in [3.05, 3.63) is 64.1 Å².